The highest BCUT2D eigenvalue weighted by Gasteiger charge is 2.28. The molecule has 0 saturated carbocycles. The summed E-state index contributed by atoms with van der Waals surface area (Å²) in [5.74, 6) is -4.17. The summed E-state index contributed by atoms with van der Waals surface area (Å²) in [6.07, 6.45) is 1.97. The lowest BCUT2D eigenvalue weighted by Crippen LogP contribution is -2.40. The summed E-state index contributed by atoms with van der Waals surface area (Å²) >= 11 is 6.33. The number of nitrogens with one attached hydrogen (secondary N) is 1. The first-order valence-electron chi connectivity index (χ1n) is 11.7. The van der Waals surface area contributed by atoms with E-state index in [-0.39, 0.29) is 39.4 Å². The Morgan fingerprint density at radius 1 is 1.16 bits per heavy atom. The number of rotatable bonds is 6. The van der Waals surface area contributed by atoms with Gasteiger partial charge in [0.2, 0.25) is 5.95 Å². The standard InChI is InChI=1S/C25H25ClF2N6O4/c1-32(2)21-18(27)11-16(20(28)31-21)19-12-29-22(33(19)3)23(35)30-14-4-5-15(17(26)10-14)24(36)34-8-6-13(7-9-34)25(37)38/h4-5,10-13H,6-9H2,1-3H3,(H,30,35)(H,37,38). The molecule has 1 aliphatic heterocycles. The van der Waals surface area contributed by atoms with Gasteiger partial charge in [-0.25, -0.2) is 9.37 Å². The van der Waals surface area contributed by atoms with Crippen molar-refractivity contribution in [2.45, 2.75) is 12.8 Å². The predicted molar refractivity (Wildman–Crippen MR) is 136 cm³/mol. The minimum absolute atomic E-state index is 0.0749. The largest absolute Gasteiger partial charge is 0.481 e. The van der Waals surface area contributed by atoms with Gasteiger partial charge in [0, 0.05) is 39.9 Å². The van der Waals surface area contributed by atoms with Crippen molar-refractivity contribution in [3.8, 4) is 11.3 Å². The van der Waals surface area contributed by atoms with Crippen LogP contribution in [0.1, 0.15) is 33.8 Å². The molecular weight excluding hydrogens is 522 g/mol. The van der Waals surface area contributed by atoms with Crippen molar-refractivity contribution in [3.63, 3.8) is 0 Å². The van der Waals surface area contributed by atoms with Crippen molar-refractivity contribution in [2.75, 3.05) is 37.4 Å². The van der Waals surface area contributed by atoms with Crippen molar-refractivity contribution in [1.29, 1.82) is 0 Å². The maximum atomic E-state index is 14.6. The van der Waals surface area contributed by atoms with Crippen LogP contribution in [0, 0.1) is 17.7 Å². The quantitative estimate of drug-likeness (QED) is 0.453. The normalized spacial score (nSPS) is 13.9. The molecule has 200 valence electrons. The minimum Gasteiger partial charge on any atom is -0.481 e. The number of anilines is 2. The molecule has 0 spiro atoms. The number of pyridine rings is 1. The van der Waals surface area contributed by atoms with E-state index in [1.165, 1.54) is 55.0 Å². The van der Waals surface area contributed by atoms with Crippen LogP contribution in [0.5, 0.6) is 0 Å². The summed E-state index contributed by atoms with van der Waals surface area (Å²) in [5.41, 5.74) is 0.513. The molecule has 2 amide bonds. The highest BCUT2D eigenvalue weighted by atomic mass is 35.5. The number of hydrogen-bond acceptors (Lipinski definition) is 6. The maximum absolute atomic E-state index is 14.6. The number of carboxylic acids is 1. The molecule has 13 heteroatoms. The first-order chi connectivity index (χ1) is 18.0. The van der Waals surface area contributed by atoms with Crippen LogP contribution in [-0.4, -0.2) is 69.5 Å². The van der Waals surface area contributed by atoms with Crippen molar-refractivity contribution < 1.29 is 28.3 Å². The zero-order valence-electron chi connectivity index (χ0n) is 20.8. The molecule has 2 aromatic heterocycles. The number of nitrogens with zero attached hydrogens (tertiary/aromatic N) is 5. The Labute approximate surface area is 221 Å². The van der Waals surface area contributed by atoms with Crippen molar-refractivity contribution in [1.82, 2.24) is 19.4 Å². The monoisotopic (exact) mass is 546 g/mol. The van der Waals surface area contributed by atoms with Crippen molar-refractivity contribution in [3.05, 3.63) is 58.6 Å². The summed E-state index contributed by atoms with van der Waals surface area (Å²) in [6.45, 7) is 0.619. The lowest BCUT2D eigenvalue weighted by molar-refractivity contribution is -0.143. The van der Waals surface area contributed by atoms with Crippen LogP contribution >= 0.6 is 11.6 Å². The van der Waals surface area contributed by atoms with Gasteiger partial charge in [0.05, 0.1) is 34.0 Å². The SMILES string of the molecule is CN(C)c1nc(F)c(-c2cnc(C(=O)Nc3ccc(C(=O)N4CCC(C(=O)O)CC4)c(Cl)c3)n2C)cc1F. The zero-order valence-corrected chi connectivity index (χ0v) is 21.6. The Morgan fingerprint density at radius 2 is 1.84 bits per heavy atom. The fraction of sp³-hybridized carbons (Fsp3) is 0.320. The average molecular weight is 547 g/mol. The molecule has 1 aliphatic rings. The molecule has 38 heavy (non-hydrogen) atoms. The molecule has 1 fully saturated rings. The number of amides is 2. The fourth-order valence-corrected chi connectivity index (χ4v) is 4.54. The van der Waals surface area contributed by atoms with Crippen LogP contribution in [0.15, 0.2) is 30.5 Å². The van der Waals surface area contributed by atoms with E-state index in [1.54, 1.807) is 4.90 Å². The first-order valence-corrected chi connectivity index (χ1v) is 12.0. The lowest BCUT2D eigenvalue weighted by atomic mass is 9.96. The number of benzene rings is 1. The molecule has 0 atom stereocenters. The number of likely N-dealkylation sites (tertiary alicyclic amines) is 1. The van der Waals surface area contributed by atoms with Gasteiger partial charge in [0.1, 0.15) is 0 Å². The maximum Gasteiger partial charge on any atom is 0.306 e. The Hall–Kier alpha value is -4.06. The number of halogens is 3. The van der Waals surface area contributed by atoms with Crippen LogP contribution in [0.2, 0.25) is 5.02 Å². The molecule has 4 rings (SSSR count). The zero-order chi connectivity index (χ0) is 27.7. The van der Waals surface area contributed by atoms with Gasteiger partial charge >= 0.3 is 5.97 Å². The molecule has 0 bridgehead atoms. The highest BCUT2D eigenvalue weighted by Crippen LogP contribution is 2.28. The van der Waals surface area contributed by atoms with Crippen LogP contribution in [-0.2, 0) is 11.8 Å². The number of imidazole rings is 1. The van der Waals surface area contributed by atoms with E-state index in [4.69, 9.17) is 16.7 Å². The summed E-state index contributed by atoms with van der Waals surface area (Å²) < 4.78 is 30.3. The molecule has 1 saturated heterocycles. The number of carboxylic acid groups (broad SMARTS) is 1. The van der Waals surface area contributed by atoms with Gasteiger partial charge in [0.15, 0.2) is 17.5 Å². The van der Waals surface area contributed by atoms with E-state index in [0.29, 0.717) is 31.6 Å². The summed E-state index contributed by atoms with van der Waals surface area (Å²) in [7, 11) is 4.56. The number of hydrogen-bond donors (Lipinski definition) is 2. The Bertz CT molecular complexity index is 1420. The molecule has 10 nitrogen and oxygen atoms in total. The number of aromatic nitrogens is 3. The fourth-order valence-electron chi connectivity index (χ4n) is 4.27. The number of piperidine rings is 1. The Morgan fingerprint density at radius 3 is 2.45 bits per heavy atom. The summed E-state index contributed by atoms with van der Waals surface area (Å²) in [4.78, 5) is 47.5. The molecule has 0 unspecified atom stereocenters. The smallest absolute Gasteiger partial charge is 0.306 e. The second kappa shape index (κ2) is 10.7. The van der Waals surface area contributed by atoms with E-state index < -0.39 is 29.6 Å². The molecule has 2 N–H and O–H groups in total. The highest BCUT2D eigenvalue weighted by molar-refractivity contribution is 6.34. The summed E-state index contributed by atoms with van der Waals surface area (Å²) in [6, 6.07) is 5.39. The average Bonchev–Trinajstić information content (AvgIpc) is 3.25. The molecule has 0 aliphatic carbocycles. The number of aliphatic carboxylic acids is 1. The van der Waals surface area contributed by atoms with Gasteiger partial charge in [-0.1, -0.05) is 11.6 Å². The summed E-state index contributed by atoms with van der Waals surface area (Å²) in [5, 5.41) is 11.9. The lowest BCUT2D eigenvalue weighted by Gasteiger charge is -2.30. The Kier molecular flexibility index (Phi) is 7.63. The van der Waals surface area contributed by atoms with Gasteiger partial charge in [-0.2, -0.15) is 9.37 Å². The van der Waals surface area contributed by atoms with Gasteiger partial charge in [-0.05, 0) is 37.1 Å². The van der Waals surface area contributed by atoms with Gasteiger partial charge in [0.25, 0.3) is 11.8 Å². The van der Waals surface area contributed by atoms with Gasteiger partial charge in [-0.3, -0.25) is 14.4 Å². The van der Waals surface area contributed by atoms with Gasteiger partial charge < -0.3 is 24.8 Å². The molecular formula is C25H25ClF2N6O4. The van der Waals surface area contributed by atoms with Crippen LogP contribution < -0.4 is 10.2 Å². The molecule has 1 aromatic carbocycles. The molecule has 3 aromatic rings. The first kappa shape index (κ1) is 27.0. The van der Waals surface area contributed by atoms with E-state index in [9.17, 15) is 23.2 Å². The molecule has 0 radical (unpaired) electrons. The predicted octanol–water partition coefficient (Wildman–Crippen LogP) is 3.67. The third-order valence-corrected chi connectivity index (χ3v) is 6.70. The van der Waals surface area contributed by atoms with E-state index in [1.807, 2.05) is 0 Å². The van der Waals surface area contributed by atoms with Gasteiger partial charge in [-0.15, -0.1) is 0 Å². The number of carbonyl (C=O) groups is 3. The molecule has 3 heterocycles. The second-order valence-electron chi connectivity index (χ2n) is 9.11. The van der Waals surface area contributed by atoms with Crippen LogP contribution in [0.4, 0.5) is 20.3 Å². The second-order valence-corrected chi connectivity index (χ2v) is 9.51. The Balaban J connectivity index is 1.48. The van der Waals surface area contributed by atoms with E-state index in [0.717, 1.165) is 6.07 Å². The topological polar surface area (TPSA) is 121 Å². The third-order valence-electron chi connectivity index (χ3n) is 6.39. The minimum atomic E-state index is -0.913. The van der Waals surface area contributed by atoms with E-state index in [2.05, 4.69) is 15.3 Å². The van der Waals surface area contributed by atoms with Crippen LogP contribution in [0.3, 0.4) is 0 Å². The van der Waals surface area contributed by atoms with Crippen molar-refractivity contribution >= 4 is 40.9 Å². The number of carbonyl (C=O) groups excluding carboxylic acids is 2. The van der Waals surface area contributed by atoms with E-state index >= 15 is 0 Å². The van der Waals surface area contributed by atoms with Crippen molar-refractivity contribution in [2.24, 2.45) is 13.0 Å². The van der Waals surface area contributed by atoms with Crippen LogP contribution in [0.25, 0.3) is 11.3 Å². The third kappa shape index (κ3) is 5.30.